The molecule has 0 spiro atoms. The predicted octanol–water partition coefficient (Wildman–Crippen LogP) is 11.9. The van der Waals surface area contributed by atoms with Gasteiger partial charge in [-0.3, -0.25) is 0 Å². The molecule has 1 nitrogen and oxygen atoms in total. The Morgan fingerprint density at radius 3 is 1.66 bits per heavy atom. The zero-order chi connectivity index (χ0) is 26.7. The van der Waals surface area contributed by atoms with Crippen molar-refractivity contribution < 1.29 is 4.74 Å². The number of allylic oxidation sites excluding steroid dienone is 1. The predicted molar refractivity (Wildman–Crippen MR) is 167 cm³/mol. The molecule has 0 amide bonds. The summed E-state index contributed by atoms with van der Waals surface area (Å²) in [6.07, 6.45) is 36.1. The monoisotopic (exact) mass is 522 g/mol. The van der Waals surface area contributed by atoms with E-state index in [1.165, 1.54) is 147 Å². The lowest BCUT2D eigenvalue weighted by Crippen LogP contribution is -2.15. The summed E-state index contributed by atoms with van der Waals surface area (Å²) in [6, 6.07) is 8.96. The highest BCUT2D eigenvalue weighted by molar-refractivity contribution is 5.27. The first kappa shape index (κ1) is 31.3. The van der Waals surface area contributed by atoms with Gasteiger partial charge in [0.05, 0.1) is 0 Å². The van der Waals surface area contributed by atoms with Crippen LogP contribution < -0.4 is 4.74 Å². The second-order valence-electron chi connectivity index (χ2n) is 13.0. The third kappa shape index (κ3) is 13.2. The molecule has 2 fully saturated rings. The summed E-state index contributed by atoms with van der Waals surface area (Å²) in [5.41, 5.74) is 1.48. The molecule has 38 heavy (non-hydrogen) atoms. The lowest BCUT2D eigenvalue weighted by Gasteiger charge is -2.28. The second kappa shape index (κ2) is 19.8. The fraction of sp³-hybridized carbons (Fsp3) is 0.784. The van der Waals surface area contributed by atoms with Crippen molar-refractivity contribution in [3.63, 3.8) is 0 Å². The molecule has 1 aromatic carbocycles. The van der Waals surface area contributed by atoms with Crippen LogP contribution in [-0.4, -0.2) is 6.61 Å². The summed E-state index contributed by atoms with van der Waals surface area (Å²) >= 11 is 0. The number of benzene rings is 1. The van der Waals surface area contributed by atoms with Crippen LogP contribution >= 0.6 is 0 Å². The number of ether oxygens (including phenoxy) is 1. The van der Waals surface area contributed by atoms with Crippen LogP contribution in [0.25, 0.3) is 0 Å². The third-order valence-corrected chi connectivity index (χ3v) is 9.81. The number of aryl methyl sites for hydroxylation is 1. The highest BCUT2D eigenvalue weighted by atomic mass is 16.5. The topological polar surface area (TPSA) is 9.23 Å². The van der Waals surface area contributed by atoms with Crippen LogP contribution in [0.3, 0.4) is 0 Å². The van der Waals surface area contributed by atoms with Crippen molar-refractivity contribution in [3.8, 4) is 5.75 Å². The molecule has 0 N–H and O–H groups in total. The molecule has 1 aromatic rings. The quantitative estimate of drug-likeness (QED) is 0.130. The zero-order valence-electron chi connectivity index (χ0n) is 25.4. The lowest BCUT2D eigenvalue weighted by molar-refractivity contribution is 0.248. The summed E-state index contributed by atoms with van der Waals surface area (Å²) in [5, 5.41) is 0. The Morgan fingerprint density at radius 1 is 0.605 bits per heavy atom. The fourth-order valence-electron chi connectivity index (χ4n) is 7.07. The summed E-state index contributed by atoms with van der Waals surface area (Å²) < 4.78 is 6.03. The first-order valence-corrected chi connectivity index (χ1v) is 17.1. The molecule has 3 rings (SSSR count). The molecule has 0 bridgehead atoms. The third-order valence-electron chi connectivity index (χ3n) is 9.81. The van der Waals surface area contributed by atoms with Crippen LogP contribution in [0.5, 0.6) is 5.75 Å². The van der Waals surface area contributed by atoms with Gasteiger partial charge in [-0.2, -0.15) is 0 Å². The number of hydrogen-bond acceptors (Lipinski definition) is 1. The van der Waals surface area contributed by atoms with Gasteiger partial charge in [0.15, 0.2) is 0 Å². The van der Waals surface area contributed by atoms with E-state index in [-0.39, 0.29) is 0 Å². The highest BCUT2D eigenvalue weighted by Crippen LogP contribution is 2.35. The van der Waals surface area contributed by atoms with Gasteiger partial charge < -0.3 is 4.74 Å². The van der Waals surface area contributed by atoms with Crippen LogP contribution in [0.2, 0.25) is 0 Å². The summed E-state index contributed by atoms with van der Waals surface area (Å²) in [7, 11) is 0. The zero-order valence-corrected chi connectivity index (χ0v) is 25.4. The normalized spacial score (nSPS) is 24.2. The van der Waals surface area contributed by atoms with Crippen LogP contribution in [-0.2, 0) is 6.42 Å². The van der Waals surface area contributed by atoms with E-state index in [9.17, 15) is 0 Å². The number of hydrogen-bond donors (Lipinski definition) is 0. The smallest absolute Gasteiger partial charge is 0.119 e. The largest absolute Gasteiger partial charge is 0.490 e. The number of unbranched alkanes of at least 4 members (excludes halogenated alkanes) is 8. The van der Waals surface area contributed by atoms with Gasteiger partial charge in [0.1, 0.15) is 12.4 Å². The van der Waals surface area contributed by atoms with E-state index in [1.807, 2.05) is 0 Å². The fourth-order valence-corrected chi connectivity index (χ4v) is 7.07. The maximum Gasteiger partial charge on any atom is 0.119 e. The lowest BCUT2D eigenvalue weighted by atomic mass is 9.78. The molecule has 1 heteroatoms. The highest BCUT2D eigenvalue weighted by Gasteiger charge is 2.21. The summed E-state index contributed by atoms with van der Waals surface area (Å²) in [6.45, 7) is 5.32. The van der Waals surface area contributed by atoms with Gasteiger partial charge in [-0.25, -0.2) is 0 Å². The Balaban J connectivity index is 1.21. The van der Waals surface area contributed by atoms with Gasteiger partial charge in [-0.05, 0) is 79.9 Å². The van der Waals surface area contributed by atoms with E-state index in [0.29, 0.717) is 6.61 Å². The molecule has 0 atom stereocenters. The van der Waals surface area contributed by atoms with Gasteiger partial charge in [0, 0.05) is 0 Å². The van der Waals surface area contributed by atoms with Crippen LogP contribution in [0, 0.1) is 23.7 Å². The van der Waals surface area contributed by atoms with E-state index in [4.69, 9.17) is 4.74 Å². The van der Waals surface area contributed by atoms with E-state index in [1.54, 1.807) is 0 Å². The van der Waals surface area contributed by atoms with Crippen molar-refractivity contribution in [3.05, 3.63) is 42.0 Å². The second-order valence-corrected chi connectivity index (χ2v) is 13.0. The van der Waals surface area contributed by atoms with E-state index in [0.717, 1.165) is 29.4 Å². The first-order valence-electron chi connectivity index (χ1n) is 17.1. The summed E-state index contributed by atoms with van der Waals surface area (Å²) in [4.78, 5) is 0. The van der Waals surface area contributed by atoms with Crippen molar-refractivity contribution in [2.75, 3.05) is 6.61 Å². The molecule has 0 saturated heterocycles. The van der Waals surface area contributed by atoms with Crippen molar-refractivity contribution in [1.29, 1.82) is 0 Å². The molecule has 0 radical (unpaired) electrons. The Kier molecular flexibility index (Phi) is 16.3. The maximum atomic E-state index is 6.03. The number of rotatable bonds is 19. The minimum Gasteiger partial charge on any atom is -0.490 e. The molecule has 0 heterocycles. The van der Waals surface area contributed by atoms with Gasteiger partial charge in [0.25, 0.3) is 0 Å². The molecular formula is C37H62O. The molecule has 2 saturated carbocycles. The Morgan fingerprint density at radius 2 is 1.11 bits per heavy atom. The molecule has 216 valence electrons. The van der Waals surface area contributed by atoms with Crippen LogP contribution in [0.1, 0.15) is 154 Å². The molecule has 2 aliphatic rings. The van der Waals surface area contributed by atoms with Crippen LogP contribution in [0.15, 0.2) is 36.4 Å². The summed E-state index contributed by atoms with van der Waals surface area (Å²) in [5.74, 6) is 4.77. The minimum atomic E-state index is 0.707. The molecular weight excluding hydrogens is 460 g/mol. The van der Waals surface area contributed by atoms with E-state index in [2.05, 4.69) is 50.3 Å². The van der Waals surface area contributed by atoms with E-state index < -0.39 is 0 Å². The van der Waals surface area contributed by atoms with Crippen molar-refractivity contribution in [2.24, 2.45) is 23.7 Å². The average Bonchev–Trinajstić information content (AvgIpc) is 2.96. The molecule has 0 aliphatic heterocycles. The Bertz CT molecular complexity index is 703. The van der Waals surface area contributed by atoms with Crippen molar-refractivity contribution in [1.82, 2.24) is 0 Å². The van der Waals surface area contributed by atoms with Crippen molar-refractivity contribution in [2.45, 2.75) is 155 Å². The van der Waals surface area contributed by atoms with Gasteiger partial charge in [-0.1, -0.05) is 141 Å². The van der Waals surface area contributed by atoms with Crippen molar-refractivity contribution >= 4 is 0 Å². The Labute approximate surface area is 237 Å². The maximum absolute atomic E-state index is 6.03. The standard InChI is InChI=1S/C37H62O/c1-3-5-7-9-11-14-32-17-19-34(20-18-32)16-13-31-38-37-29-27-36(28-30-37)26-25-35-23-21-33(22-24-35)15-12-10-8-6-4-2/h13,16,27-30,32-35H,3-12,14-15,17-26,31H2,1-2H3/b16-13+/t32-,33-,34-,35-. The van der Waals surface area contributed by atoms with E-state index >= 15 is 0 Å². The average molecular weight is 523 g/mol. The molecule has 2 aliphatic carbocycles. The van der Waals surface area contributed by atoms with Gasteiger partial charge in [0.2, 0.25) is 0 Å². The SMILES string of the molecule is CCCCCCC[C@H]1CC[C@H](/C=C/COc2ccc(CC[C@H]3CC[C@H](CCCCCCC)CC3)cc2)CC1. The Hall–Kier alpha value is -1.24. The minimum absolute atomic E-state index is 0.707. The van der Waals surface area contributed by atoms with Crippen LogP contribution in [0.4, 0.5) is 0 Å². The molecule has 0 aromatic heterocycles. The van der Waals surface area contributed by atoms with Gasteiger partial charge in [-0.15, -0.1) is 0 Å². The molecule has 0 unspecified atom stereocenters. The van der Waals surface area contributed by atoms with Gasteiger partial charge >= 0.3 is 0 Å². The first-order chi connectivity index (χ1) is 18.8.